The Morgan fingerprint density at radius 3 is 2.78 bits per heavy atom. The average molecular weight is 383 g/mol. The summed E-state index contributed by atoms with van der Waals surface area (Å²) in [5.74, 6) is 1.00. The van der Waals surface area contributed by atoms with Crippen LogP contribution < -0.4 is 11.0 Å². The van der Waals surface area contributed by atoms with Crippen LogP contribution in [0.4, 0.5) is 5.69 Å². The Morgan fingerprint density at radius 2 is 1.96 bits per heavy atom. The molecule has 10 heteroatoms. The zero-order valence-electron chi connectivity index (χ0n) is 14.1. The summed E-state index contributed by atoms with van der Waals surface area (Å²) in [6.07, 6.45) is 0. The van der Waals surface area contributed by atoms with Crippen LogP contribution in [0.15, 0.2) is 59.4 Å². The molecule has 0 aliphatic rings. The Labute approximate surface area is 158 Å². The molecular weight excluding hydrogens is 368 g/mol. The summed E-state index contributed by atoms with van der Waals surface area (Å²) in [5, 5.41) is 19.8. The van der Waals surface area contributed by atoms with Crippen LogP contribution in [0.1, 0.15) is 11.6 Å². The second kappa shape index (κ2) is 7.42. The molecule has 0 bridgehead atoms. The molecule has 0 aliphatic carbocycles. The van der Waals surface area contributed by atoms with E-state index >= 15 is 0 Å². The van der Waals surface area contributed by atoms with Gasteiger partial charge in [0.05, 0.1) is 12.2 Å². The predicted molar refractivity (Wildman–Crippen MR) is 99.9 cm³/mol. The van der Waals surface area contributed by atoms with Gasteiger partial charge < -0.3 is 5.32 Å². The Hall–Kier alpha value is -3.46. The second-order valence-electron chi connectivity index (χ2n) is 5.74. The van der Waals surface area contributed by atoms with Crippen LogP contribution in [-0.2, 0) is 13.1 Å². The Bertz CT molecular complexity index is 1100. The lowest BCUT2D eigenvalue weighted by atomic mass is 10.3. The number of H-pyrrole nitrogens is 1. The van der Waals surface area contributed by atoms with Crippen molar-refractivity contribution in [3.63, 3.8) is 0 Å². The summed E-state index contributed by atoms with van der Waals surface area (Å²) in [6.45, 7) is 0.501. The first-order valence-electron chi connectivity index (χ1n) is 8.17. The monoisotopic (exact) mass is 382 g/mol. The number of hydrogen-bond donors (Lipinski definition) is 2. The van der Waals surface area contributed by atoms with E-state index in [4.69, 9.17) is 11.6 Å². The minimum atomic E-state index is -0.333. The van der Waals surface area contributed by atoms with Crippen molar-refractivity contribution in [3.05, 3.63) is 81.8 Å². The van der Waals surface area contributed by atoms with Crippen molar-refractivity contribution in [2.24, 2.45) is 0 Å². The number of hydrogen-bond acceptors (Lipinski definition) is 6. The van der Waals surface area contributed by atoms with Gasteiger partial charge in [0.1, 0.15) is 12.4 Å². The number of nitrogens with zero attached hydrogens (tertiary/aromatic N) is 6. The number of benzene rings is 2. The molecule has 4 aromatic rings. The fourth-order valence-corrected chi connectivity index (χ4v) is 2.77. The highest BCUT2D eigenvalue weighted by Crippen LogP contribution is 2.15. The van der Waals surface area contributed by atoms with Gasteiger partial charge in [0.15, 0.2) is 5.82 Å². The van der Waals surface area contributed by atoms with E-state index in [1.807, 2.05) is 42.5 Å². The molecule has 0 unspecified atom stereocenters. The van der Waals surface area contributed by atoms with Crippen molar-refractivity contribution in [2.45, 2.75) is 13.1 Å². The lowest BCUT2D eigenvalue weighted by molar-refractivity contribution is 0.609. The molecule has 4 rings (SSSR count). The predicted octanol–water partition coefficient (Wildman–Crippen LogP) is 1.86. The maximum atomic E-state index is 12.2. The smallest absolute Gasteiger partial charge is 0.343 e. The minimum absolute atomic E-state index is 0.147. The number of aromatic nitrogens is 7. The summed E-state index contributed by atoms with van der Waals surface area (Å²) >= 11 is 5.96. The van der Waals surface area contributed by atoms with E-state index in [1.54, 1.807) is 16.8 Å². The normalized spacial score (nSPS) is 10.9. The molecule has 0 atom stereocenters. The van der Waals surface area contributed by atoms with Crippen LogP contribution in [-0.4, -0.2) is 35.0 Å². The van der Waals surface area contributed by atoms with E-state index in [0.29, 0.717) is 23.2 Å². The topological polar surface area (TPSA) is 106 Å². The van der Waals surface area contributed by atoms with Gasteiger partial charge in [0, 0.05) is 10.7 Å². The van der Waals surface area contributed by atoms with Crippen molar-refractivity contribution in [2.75, 3.05) is 5.32 Å². The molecule has 2 N–H and O–H groups in total. The first-order chi connectivity index (χ1) is 13.2. The Kier molecular flexibility index (Phi) is 4.67. The van der Waals surface area contributed by atoms with E-state index in [0.717, 1.165) is 11.4 Å². The third-order valence-corrected chi connectivity index (χ3v) is 4.07. The molecule has 2 heterocycles. The van der Waals surface area contributed by atoms with Crippen LogP contribution in [0.3, 0.4) is 0 Å². The number of rotatable bonds is 6. The Morgan fingerprint density at radius 1 is 1.11 bits per heavy atom. The number of halogens is 1. The van der Waals surface area contributed by atoms with E-state index < -0.39 is 0 Å². The second-order valence-corrected chi connectivity index (χ2v) is 6.18. The molecule has 136 valence electrons. The molecule has 27 heavy (non-hydrogen) atoms. The van der Waals surface area contributed by atoms with Gasteiger partial charge >= 0.3 is 5.69 Å². The Balaban J connectivity index is 1.50. The molecule has 0 fully saturated rings. The van der Waals surface area contributed by atoms with Crippen LogP contribution in [0.5, 0.6) is 0 Å². The summed E-state index contributed by atoms with van der Waals surface area (Å²) in [7, 11) is 0. The van der Waals surface area contributed by atoms with E-state index in [1.165, 1.54) is 4.68 Å². The highest BCUT2D eigenvalue weighted by molar-refractivity contribution is 6.30. The van der Waals surface area contributed by atoms with Crippen LogP contribution >= 0.6 is 11.6 Å². The van der Waals surface area contributed by atoms with Gasteiger partial charge in [0.2, 0.25) is 0 Å². The average Bonchev–Trinajstić information content (AvgIpc) is 3.28. The van der Waals surface area contributed by atoms with Gasteiger partial charge in [-0.2, -0.15) is 9.78 Å². The van der Waals surface area contributed by atoms with Crippen molar-refractivity contribution in [3.8, 4) is 5.69 Å². The zero-order valence-corrected chi connectivity index (χ0v) is 14.8. The summed E-state index contributed by atoms with van der Waals surface area (Å²) in [6, 6.07) is 16.8. The fourth-order valence-electron chi connectivity index (χ4n) is 2.58. The quantitative estimate of drug-likeness (QED) is 0.527. The standard InChI is InChI=1S/C17H15ClN8O/c18-12-5-4-6-13(9-12)19-10-15-20-17(27)25(22-15)11-16-21-23-24-26(16)14-7-2-1-3-8-14/h1-9,19H,10-11H2,(H,20,22,27). The van der Waals surface area contributed by atoms with Crippen molar-refractivity contribution >= 4 is 17.3 Å². The lowest BCUT2D eigenvalue weighted by Crippen LogP contribution is -2.21. The molecule has 0 spiro atoms. The fraction of sp³-hybridized carbons (Fsp3) is 0.118. The van der Waals surface area contributed by atoms with Crippen molar-refractivity contribution < 1.29 is 0 Å². The zero-order chi connectivity index (χ0) is 18.6. The maximum Gasteiger partial charge on any atom is 0.343 e. The first kappa shape index (κ1) is 17.0. The highest BCUT2D eigenvalue weighted by Gasteiger charge is 2.12. The molecule has 0 saturated carbocycles. The first-order valence-corrected chi connectivity index (χ1v) is 8.55. The van der Waals surface area contributed by atoms with E-state index in [2.05, 4.69) is 30.9 Å². The SMILES string of the molecule is O=c1[nH]c(CNc2cccc(Cl)c2)nn1Cc1nnnn1-c1ccccc1. The molecule has 0 amide bonds. The molecular formula is C17H15ClN8O. The van der Waals surface area contributed by atoms with Gasteiger partial charge in [-0.1, -0.05) is 35.9 Å². The number of aromatic amines is 1. The summed E-state index contributed by atoms with van der Waals surface area (Å²) < 4.78 is 2.87. The molecule has 0 saturated heterocycles. The molecule has 0 radical (unpaired) electrons. The molecule has 2 aromatic heterocycles. The van der Waals surface area contributed by atoms with Gasteiger partial charge in [-0.3, -0.25) is 4.98 Å². The number of nitrogens with one attached hydrogen (secondary N) is 2. The number of anilines is 1. The molecule has 0 aliphatic heterocycles. The summed E-state index contributed by atoms with van der Waals surface area (Å²) in [5.41, 5.74) is 1.32. The molecule has 9 nitrogen and oxygen atoms in total. The van der Waals surface area contributed by atoms with E-state index in [-0.39, 0.29) is 12.2 Å². The van der Waals surface area contributed by atoms with E-state index in [9.17, 15) is 4.79 Å². The van der Waals surface area contributed by atoms with Gasteiger partial charge in [-0.25, -0.2) is 9.48 Å². The lowest BCUT2D eigenvalue weighted by Gasteiger charge is -2.04. The molecule has 2 aromatic carbocycles. The minimum Gasteiger partial charge on any atom is -0.378 e. The van der Waals surface area contributed by atoms with Gasteiger partial charge in [-0.05, 0) is 40.8 Å². The van der Waals surface area contributed by atoms with Crippen LogP contribution in [0, 0.1) is 0 Å². The van der Waals surface area contributed by atoms with Gasteiger partial charge in [0.25, 0.3) is 0 Å². The summed E-state index contributed by atoms with van der Waals surface area (Å²) in [4.78, 5) is 14.9. The largest absolute Gasteiger partial charge is 0.378 e. The number of tetrazole rings is 1. The van der Waals surface area contributed by atoms with Gasteiger partial charge in [-0.15, -0.1) is 5.10 Å². The van der Waals surface area contributed by atoms with Crippen LogP contribution in [0.25, 0.3) is 5.69 Å². The highest BCUT2D eigenvalue weighted by atomic mass is 35.5. The van der Waals surface area contributed by atoms with Crippen molar-refractivity contribution in [1.29, 1.82) is 0 Å². The van der Waals surface area contributed by atoms with Crippen molar-refractivity contribution in [1.82, 2.24) is 35.0 Å². The third kappa shape index (κ3) is 3.87. The van der Waals surface area contributed by atoms with Crippen LogP contribution in [0.2, 0.25) is 5.02 Å². The maximum absolute atomic E-state index is 12.2. The third-order valence-electron chi connectivity index (χ3n) is 3.84. The number of para-hydroxylation sites is 1.